The molecule has 5 nitrogen and oxygen atoms in total. The number of morpholine rings is 1. The van der Waals surface area contributed by atoms with Crippen molar-refractivity contribution < 1.29 is 4.74 Å². The summed E-state index contributed by atoms with van der Waals surface area (Å²) in [5.74, 6) is 0.893. The first-order valence-corrected chi connectivity index (χ1v) is 10.4. The van der Waals surface area contributed by atoms with Gasteiger partial charge in [0, 0.05) is 38.0 Å². The molecule has 2 N–H and O–H groups in total. The number of thioether (sulfide) groups is 1. The highest BCUT2D eigenvalue weighted by atomic mass is 32.2. The van der Waals surface area contributed by atoms with Crippen LogP contribution in [0.1, 0.15) is 25.0 Å². The van der Waals surface area contributed by atoms with Gasteiger partial charge >= 0.3 is 0 Å². The number of hydrogen-bond acceptors (Lipinski definition) is 4. The van der Waals surface area contributed by atoms with E-state index in [9.17, 15) is 0 Å². The molecule has 1 heterocycles. The molecule has 0 bridgehead atoms. The number of guanidine groups is 1. The molecule has 2 rings (SSSR count). The van der Waals surface area contributed by atoms with E-state index in [1.165, 1.54) is 11.1 Å². The van der Waals surface area contributed by atoms with E-state index in [1.807, 2.05) is 11.8 Å². The third kappa shape index (κ3) is 7.26. The van der Waals surface area contributed by atoms with Gasteiger partial charge in [0.1, 0.15) is 0 Å². The average molecular weight is 365 g/mol. The second-order valence-corrected chi connectivity index (χ2v) is 7.56. The van der Waals surface area contributed by atoms with Crippen LogP contribution in [0.4, 0.5) is 0 Å². The molecular formula is C19H32N4OS. The van der Waals surface area contributed by atoms with Crippen molar-refractivity contribution in [2.75, 3.05) is 45.6 Å². The Labute approximate surface area is 156 Å². The summed E-state index contributed by atoms with van der Waals surface area (Å²) in [5, 5.41) is 7.34. The van der Waals surface area contributed by atoms with E-state index in [-0.39, 0.29) is 0 Å². The standard InChI is InChI=1S/C19H32N4OS/c1-4-20-19(21-13-16(2)25-3)22-14-17-7-5-6-8-18(17)15-23-9-11-24-12-10-23/h5-8,16H,4,9-15H2,1-3H3,(H2,20,21,22). The van der Waals surface area contributed by atoms with Crippen molar-refractivity contribution in [2.24, 2.45) is 4.99 Å². The molecule has 140 valence electrons. The third-order valence-electron chi connectivity index (χ3n) is 4.33. The van der Waals surface area contributed by atoms with E-state index in [2.05, 4.69) is 59.9 Å². The van der Waals surface area contributed by atoms with Crippen LogP contribution in [0.15, 0.2) is 29.3 Å². The largest absolute Gasteiger partial charge is 0.379 e. The summed E-state index contributed by atoms with van der Waals surface area (Å²) in [6.45, 7) is 11.5. The predicted octanol–water partition coefficient (Wildman–Crippen LogP) is 2.33. The van der Waals surface area contributed by atoms with Gasteiger partial charge in [-0.2, -0.15) is 11.8 Å². The highest BCUT2D eigenvalue weighted by molar-refractivity contribution is 7.99. The molecule has 1 aromatic carbocycles. The lowest BCUT2D eigenvalue weighted by Gasteiger charge is -2.27. The van der Waals surface area contributed by atoms with Crippen LogP contribution in [0.2, 0.25) is 0 Å². The van der Waals surface area contributed by atoms with Crippen molar-refractivity contribution in [3.63, 3.8) is 0 Å². The van der Waals surface area contributed by atoms with Crippen molar-refractivity contribution in [2.45, 2.75) is 32.2 Å². The molecule has 1 unspecified atom stereocenters. The summed E-state index contributed by atoms with van der Waals surface area (Å²) in [5.41, 5.74) is 2.66. The Balaban J connectivity index is 1.98. The Morgan fingerprint density at radius 2 is 1.96 bits per heavy atom. The van der Waals surface area contributed by atoms with Crippen molar-refractivity contribution in [1.29, 1.82) is 0 Å². The quantitative estimate of drug-likeness (QED) is 0.548. The summed E-state index contributed by atoms with van der Waals surface area (Å²) >= 11 is 1.86. The zero-order chi connectivity index (χ0) is 17.9. The highest BCUT2D eigenvalue weighted by Crippen LogP contribution is 2.14. The van der Waals surface area contributed by atoms with Gasteiger partial charge in [0.05, 0.1) is 19.8 Å². The minimum atomic E-state index is 0.567. The minimum absolute atomic E-state index is 0.567. The van der Waals surface area contributed by atoms with E-state index in [4.69, 9.17) is 9.73 Å². The lowest BCUT2D eigenvalue weighted by Crippen LogP contribution is -2.40. The molecule has 1 fully saturated rings. The number of hydrogen-bond donors (Lipinski definition) is 2. The van der Waals surface area contributed by atoms with Gasteiger partial charge in [-0.15, -0.1) is 0 Å². The zero-order valence-corrected chi connectivity index (χ0v) is 16.6. The molecule has 1 saturated heterocycles. The smallest absolute Gasteiger partial charge is 0.191 e. The van der Waals surface area contributed by atoms with E-state index in [1.54, 1.807) is 0 Å². The lowest BCUT2D eigenvalue weighted by atomic mass is 10.1. The fourth-order valence-corrected chi connectivity index (χ4v) is 2.95. The summed E-state index contributed by atoms with van der Waals surface area (Å²) in [6, 6.07) is 8.63. The second-order valence-electron chi connectivity index (χ2n) is 6.28. The molecule has 1 aliphatic heterocycles. The topological polar surface area (TPSA) is 48.9 Å². The van der Waals surface area contributed by atoms with Crippen LogP contribution in [0.5, 0.6) is 0 Å². The number of benzene rings is 1. The normalized spacial score (nSPS) is 17.3. The SMILES string of the molecule is CCNC(=NCc1ccccc1CN1CCOCC1)NCC(C)SC. The van der Waals surface area contributed by atoms with Crippen LogP contribution >= 0.6 is 11.8 Å². The number of nitrogens with zero attached hydrogens (tertiary/aromatic N) is 2. The number of rotatable bonds is 8. The molecule has 0 radical (unpaired) electrons. The van der Waals surface area contributed by atoms with Crippen LogP contribution in [0.3, 0.4) is 0 Å². The Morgan fingerprint density at radius 1 is 1.24 bits per heavy atom. The first-order valence-electron chi connectivity index (χ1n) is 9.14. The third-order valence-corrected chi connectivity index (χ3v) is 5.30. The molecule has 0 spiro atoms. The number of nitrogens with one attached hydrogen (secondary N) is 2. The van der Waals surface area contributed by atoms with Crippen LogP contribution in [-0.2, 0) is 17.8 Å². The van der Waals surface area contributed by atoms with Crippen molar-refractivity contribution >= 4 is 17.7 Å². The van der Waals surface area contributed by atoms with E-state index in [0.717, 1.165) is 51.9 Å². The fraction of sp³-hybridized carbons (Fsp3) is 0.632. The Bertz CT molecular complexity index is 532. The van der Waals surface area contributed by atoms with Crippen molar-refractivity contribution in [3.8, 4) is 0 Å². The Kier molecular flexibility index (Phi) is 9.15. The monoisotopic (exact) mass is 364 g/mol. The van der Waals surface area contributed by atoms with Crippen LogP contribution in [0.25, 0.3) is 0 Å². The molecule has 6 heteroatoms. The average Bonchev–Trinajstić information content (AvgIpc) is 2.65. The molecule has 0 amide bonds. The maximum atomic E-state index is 5.45. The first kappa shape index (κ1) is 20.1. The molecule has 1 atom stereocenters. The van der Waals surface area contributed by atoms with E-state index < -0.39 is 0 Å². The van der Waals surface area contributed by atoms with Crippen LogP contribution in [-0.4, -0.2) is 61.8 Å². The zero-order valence-electron chi connectivity index (χ0n) is 15.8. The highest BCUT2D eigenvalue weighted by Gasteiger charge is 2.12. The summed E-state index contributed by atoms with van der Waals surface area (Å²) in [6.07, 6.45) is 2.14. The fourth-order valence-electron chi connectivity index (χ4n) is 2.70. The van der Waals surface area contributed by atoms with Gasteiger partial charge in [-0.05, 0) is 24.3 Å². The first-order chi connectivity index (χ1) is 12.2. The molecule has 0 saturated carbocycles. The Hall–Kier alpha value is -1.24. The van der Waals surface area contributed by atoms with Gasteiger partial charge in [-0.3, -0.25) is 4.90 Å². The van der Waals surface area contributed by atoms with Gasteiger partial charge in [-0.1, -0.05) is 31.2 Å². The maximum absolute atomic E-state index is 5.45. The van der Waals surface area contributed by atoms with Crippen LogP contribution < -0.4 is 10.6 Å². The molecule has 1 aliphatic rings. The maximum Gasteiger partial charge on any atom is 0.191 e. The number of ether oxygens (including phenoxy) is 1. The van der Waals surface area contributed by atoms with Crippen molar-refractivity contribution in [1.82, 2.24) is 15.5 Å². The minimum Gasteiger partial charge on any atom is -0.379 e. The van der Waals surface area contributed by atoms with Gasteiger partial charge < -0.3 is 15.4 Å². The van der Waals surface area contributed by atoms with Gasteiger partial charge in [-0.25, -0.2) is 4.99 Å². The van der Waals surface area contributed by atoms with E-state index >= 15 is 0 Å². The van der Waals surface area contributed by atoms with Crippen LogP contribution in [0, 0.1) is 0 Å². The lowest BCUT2D eigenvalue weighted by molar-refractivity contribution is 0.0341. The molecule has 0 aromatic heterocycles. The molecule has 0 aliphatic carbocycles. The van der Waals surface area contributed by atoms with Gasteiger partial charge in [0.2, 0.25) is 0 Å². The molecule has 1 aromatic rings. The molecular weight excluding hydrogens is 332 g/mol. The second kappa shape index (κ2) is 11.4. The van der Waals surface area contributed by atoms with E-state index in [0.29, 0.717) is 11.8 Å². The molecule has 25 heavy (non-hydrogen) atoms. The van der Waals surface area contributed by atoms with Gasteiger partial charge in [0.15, 0.2) is 5.96 Å². The summed E-state index contributed by atoms with van der Waals surface area (Å²) in [7, 11) is 0. The summed E-state index contributed by atoms with van der Waals surface area (Å²) in [4.78, 5) is 7.24. The predicted molar refractivity (Wildman–Crippen MR) is 108 cm³/mol. The Morgan fingerprint density at radius 3 is 2.64 bits per heavy atom. The van der Waals surface area contributed by atoms with Gasteiger partial charge in [0.25, 0.3) is 0 Å². The summed E-state index contributed by atoms with van der Waals surface area (Å²) < 4.78 is 5.45. The number of aliphatic imine (C=N–C) groups is 1. The van der Waals surface area contributed by atoms with Crippen molar-refractivity contribution in [3.05, 3.63) is 35.4 Å².